The summed E-state index contributed by atoms with van der Waals surface area (Å²) in [6.45, 7) is 1.64. The molecule has 4 nitrogen and oxygen atoms in total. The van der Waals surface area contributed by atoms with Crippen molar-refractivity contribution in [1.29, 1.82) is 0 Å². The molecule has 0 saturated heterocycles. The molecule has 0 aromatic heterocycles. The maximum atomic E-state index is 10.9. The number of nitrogens with zero attached hydrogens (tertiary/aromatic N) is 2. The molecule has 1 N–H and O–H groups in total. The van der Waals surface area contributed by atoms with E-state index in [2.05, 4.69) is 0 Å². The molecule has 1 heterocycles. The van der Waals surface area contributed by atoms with Gasteiger partial charge in [-0.1, -0.05) is 0 Å². The van der Waals surface area contributed by atoms with Gasteiger partial charge >= 0.3 is 11.8 Å². The number of carbonyl (C=O) groups is 1. The van der Waals surface area contributed by atoms with Crippen LogP contribution in [0.2, 0.25) is 0 Å². The number of carboxylic acids is 1. The van der Waals surface area contributed by atoms with Gasteiger partial charge in [0.2, 0.25) is 0 Å². The van der Waals surface area contributed by atoms with Gasteiger partial charge in [-0.3, -0.25) is 0 Å². The molecule has 6 heteroatoms. The number of rotatable bonds is 3. The summed E-state index contributed by atoms with van der Waals surface area (Å²) >= 11 is 2.92. The summed E-state index contributed by atoms with van der Waals surface area (Å²) in [7, 11) is 0. The van der Waals surface area contributed by atoms with E-state index in [0.29, 0.717) is 5.84 Å². The Morgan fingerprint density at radius 2 is 2.31 bits per heavy atom. The van der Waals surface area contributed by atoms with Crippen molar-refractivity contribution in [1.82, 2.24) is 4.31 Å². The topological polar surface area (TPSA) is 43.5 Å². The van der Waals surface area contributed by atoms with Crippen molar-refractivity contribution in [2.45, 2.75) is 6.42 Å². The van der Waals surface area contributed by atoms with Crippen LogP contribution in [0.25, 0.3) is 0 Å². The summed E-state index contributed by atoms with van der Waals surface area (Å²) in [6.07, 6.45) is 4.80. The molecule has 0 bridgehead atoms. The van der Waals surface area contributed by atoms with Gasteiger partial charge in [0.05, 0.1) is 23.9 Å². The van der Waals surface area contributed by atoms with Crippen molar-refractivity contribution in [3.8, 4) is 0 Å². The molecular weight excluding hydrogens is 208 g/mol. The van der Waals surface area contributed by atoms with Gasteiger partial charge in [0, 0.05) is 18.9 Å². The first-order chi connectivity index (χ1) is 6.20. The lowest BCUT2D eigenvalue weighted by molar-refractivity contribution is -0.360. The lowest BCUT2D eigenvalue weighted by Crippen LogP contribution is -2.42. The Morgan fingerprint density at radius 1 is 1.62 bits per heavy atom. The van der Waals surface area contributed by atoms with Gasteiger partial charge in [-0.05, 0) is 0 Å². The van der Waals surface area contributed by atoms with Gasteiger partial charge in [-0.15, -0.1) is 0 Å². The Morgan fingerprint density at radius 3 is 2.77 bits per heavy atom. The number of hydrogen-bond donors (Lipinski definition) is 1. The van der Waals surface area contributed by atoms with E-state index >= 15 is 0 Å². The van der Waals surface area contributed by atoms with Crippen LogP contribution in [0.1, 0.15) is 6.42 Å². The second-order valence-electron chi connectivity index (χ2n) is 2.55. The minimum atomic E-state index is -0.844. The molecule has 0 amide bonds. The third-order valence-electron chi connectivity index (χ3n) is 1.83. The summed E-state index contributed by atoms with van der Waals surface area (Å²) < 4.78 is 3.64. The van der Waals surface area contributed by atoms with E-state index in [1.54, 1.807) is 0 Å². The molecule has 0 aromatic rings. The van der Waals surface area contributed by atoms with Crippen LogP contribution in [-0.2, 0) is 4.79 Å². The maximum absolute atomic E-state index is 10.9. The molecule has 0 atom stereocenters. The molecule has 0 fully saturated rings. The van der Waals surface area contributed by atoms with Crippen LogP contribution >= 0.6 is 23.9 Å². The van der Waals surface area contributed by atoms with E-state index in [-0.39, 0.29) is 0 Å². The van der Waals surface area contributed by atoms with Crippen LogP contribution in [0, 0.1) is 0 Å². The number of carboxylic acid groups (broad SMARTS) is 1. The van der Waals surface area contributed by atoms with Gasteiger partial charge in [-0.2, -0.15) is 8.29 Å². The van der Waals surface area contributed by atoms with E-state index < -0.39 is 5.97 Å². The maximum Gasteiger partial charge on any atom is 0.421 e. The third-order valence-corrected chi connectivity index (χ3v) is 3.42. The molecule has 1 aliphatic rings. The first-order valence-corrected chi connectivity index (χ1v) is 6.30. The predicted molar refractivity (Wildman–Crippen MR) is 56.1 cm³/mol. The van der Waals surface area contributed by atoms with E-state index in [4.69, 9.17) is 5.11 Å². The molecular formula is C7H13N2O2S2+. The highest BCUT2D eigenvalue weighted by molar-refractivity contribution is 7.97. The first kappa shape index (κ1) is 10.7. The van der Waals surface area contributed by atoms with Crippen LogP contribution in [0.3, 0.4) is 0 Å². The molecule has 74 valence electrons. The monoisotopic (exact) mass is 221 g/mol. The molecule has 1 rings (SSSR count). The quantitative estimate of drug-likeness (QED) is 0.562. The van der Waals surface area contributed by atoms with Gasteiger partial charge in [0.15, 0.2) is 0 Å². The largest absolute Gasteiger partial charge is 0.472 e. The minimum absolute atomic E-state index is 0.395. The number of aliphatic carboxylic acids is 1. The number of hydrogen-bond acceptors (Lipinski definition) is 4. The Balaban J connectivity index is 2.96. The second kappa shape index (κ2) is 4.76. The molecule has 1 aliphatic heterocycles. The summed E-state index contributed by atoms with van der Waals surface area (Å²) in [5.41, 5.74) is 0. The molecule has 0 radical (unpaired) electrons. The van der Waals surface area contributed by atoms with Crippen LogP contribution in [0.5, 0.6) is 0 Å². The van der Waals surface area contributed by atoms with Crippen molar-refractivity contribution < 1.29 is 13.9 Å². The van der Waals surface area contributed by atoms with Crippen LogP contribution in [-0.4, -0.2) is 50.8 Å². The fourth-order valence-corrected chi connectivity index (χ4v) is 2.64. The Labute approximate surface area is 86.3 Å². The average Bonchev–Trinajstić information content (AvgIpc) is 2.16. The summed E-state index contributed by atoms with van der Waals surface area (Å²) in [4.78, 5) is 10.9. The molecule has 0 unspecified atom stereocenters. The molecule has 0 saturated carbocycles. The zero-order valence-electron chi connectivity index (χ0n) is 7.69. The van der Waals surface area contributed by atoms with Crippen LogP contribution in [0.15, 0.2) is 0 Å². The lowest BCUT2D eigenvalue weighted by atomic mass is 10.3. The summed E-state index contributed by atoms with van der Waals surface area (Å²) in [5.74, 6) is -0.449. The zero-order chi connectivity index (χ0) is 9.84. The third kappa shape index (κ3) is 2.31. The fraction of sp³-hybridized carbons (Fsp3) is 0.714. The van der Waals surface area contributed by atoms with E-state index in [9.17, 15) is 4.79 Å². The van der Waals surface area contributed by atoms with Gasteiger partial charge in [0.1, 0.15) is 13.1 Å². The average molecular weight is 221 g/mol. The Kier molecular flexibility index (Phi) is 3.92. The molecule has 0 spiro atoms. The zero-order valence-corrected chi connectivity index (χ0v) is 9.32. The lowest BCUT2D eigenvalue weighted by Gasteiger charge is -2.20. The smallest absolute Gasteiger partial charge is 0.421 e. The van der Waals surface area contributed by atoms with Crippen molar-refractivity contribution in [3.63, 3.8) is 0 Å². The van der Waals surface area contributed by atoms with Crippen molar-refractivity contribution in [2.24, 2.45) is 0 Å². The summed E-state index contributed by atoms with van der Waals surface area (Å²) in [5, 5.41) is 8.99. The van der Waals surface area contributed by atoms with Gasteiger partial charge < -0.3 is 5.11 Å². The van der Waals surface area contributed by atoms with Crippen molar-refractivity contribution in [2.75, 3.05) is 25.6 Å². The fourth-order valence-electron chi connectivity index (χ4n) is 1.26. The standard InChI is InChI=1S/C7H12N2O2S2/c1-12-8-4-3-5-9(13-2)6(8)7(10)11/h3-5H2,1-2H3/p+1. The summed E-state index contributed by atoms with van der Waals surface area (Å²) in [6, 6.07) is 0. The predicted octanol–water partition coefficient (Wildman–Crippen LogP) is 0.744. The van der Waals surface area contributed by atoms with E-state index in [1.165, 1.54) is 23.9 Å². The van der Waals surface area contributed by atoms with Crippen LogP contribution in [0.4, 0.5) is 0 Å². The highest BCUT2D eigenvalue weighted by atomic mass is 32.2. The first-order valence-electron chi connectivity index (χ1n) is 3.94. The van der Waals surface area contributed by atoms with Crippen molar-refractivity contribution >= 4 is 35.7 Å². The molecule has 0 aromatic carbocycles. The normalized spacial score (nSPS) is 17.8. The highest BCUT2D eigenvalue weighted by Crippen LogP contribution is 2.15. The minimum Gasteiger partial charge on any atom is -0.472 e. The van der Waals surface area contributed by atoms with Crippen LogP contribution < -0.4 is 0 Å². The van der Waals surface area contributed by atoms with E-state index in [0.717, 1.165) is 19.5 Å². The Hall–Kier alpha value is -0.360. The number of amidine groups is 1. The molecule has 0 aliphatic carbocycles. The van der Waals surface area contributed by atoms with Gasteiger partial charge in [0.25, 0.3) is 0 Å². The van der Waals surface area contributed by atoms with E-state index in [1.807, 2.05) is 20.8 Å². The van der Waals surface area contributed by atoms with Crippen molar-refractivity contribution in [3.05, 3.63) is 0 Å². The second-order valence-corrected chi connectivity index (χ2v) is 4.16. The highest BCUT2D eigenvalue weighted by Gasteiger charge is 2.33. The van der Waals surface area contributed by atoms with Gasteiger partial charge in [-0.25, -0.2) is 4.79 Å². The SMILES string of the molecule is CSN1CCC[N+](SC)=C1C(=O)O. The molecule has 13 heavy (non-hydrogen) atoms. The Bertz CT molecular complexity index is 243.